The first kappa shape index (κ1) is 28.6. The smallest absolute Gasteiger partial charge is 0.305 e. The number of hydrogen-bond donors (Lipinski definition) is 3. The van der Waals surface area contributed by atoms with Gasteiger partial charge in [-0.3, -0.25) is 9.59 Å². The van der Waals surface area contributed by atoms with Crippen molar-refractivity contribution in [3.8, 4) is 11.3 Å². The van der Waals surface area contributed by atoms with E-state index in [2.05, 4.69) is 48.7 Å². The highest BCUT2D eigenvalue weighted by molar-refractivity contribution is 7.14. The SMILES string of the molecule is CCC(C)c1ccc(C(Nc2nc(-c3ccc(Cl)c(Cl)c3)cs2)c2ccc(C(=O)NCCC(=O)O)cc2)cc1. The van der Waals surface area contributed by atoms with Gasteiger partial charge in [0.25, 0.3) is 5.91 Å². The van der Waals surface area contributed by atoms with E-state index < -0.39 is 5.97 Å². The molecule has 0 fully saturated rings. The Bertz CT molecular complexity index is 1440. The van der Waals surface area contributed by atoms with Crippen LogP contribution in [0.5, 0.6) is 0 Å². The lowest BCUT2D eigenvalue weighted by Crippen LogP contribution is -2.26. The molecule has 1 heterocycles. The van der Waals surface area contributed by atoms with Crippen molar-refractivity contribution < 1.29 is 14.7 Å². The van der Waals surface area contributed by atoms with Crippen LogP contribution in [0, 0.1) is 0 Å². The Morgan fingerprint density at radius 2 is 1.59 bits per heavy atom. The summed E-state index contributed by atoms with van der Waals surface area (Å²) in [5.41, 5.74) is 5.43. The summed E-state index contributed by atoms with van der Waals surface area (Å²) in [5.74, 6) is -0.795. The second kappa shape index (κ2) is 13.1. The molecule has 9 heteroatoms. The van der Waals surface area contributed by atoms with E-state index in [1.807, 2.05) is 23.6 Å². The minimum absolute atomic E-state index is 0.0772. The van der Waals surface area contributed by atoms with Crippen LogP contribution < -0.4 is 10.6 Å². The van der Waals surface area contributed by atoms with Gasteiger partial charge in [-0.1, -0.05) is 79.5 Å². The van der Waals surface area contributed by atoms with E-state index in [0.29, 0.717) is 21.5 Å². The molecule has 0 bridgehead atoms. The maximum Gasteiger partial charge on any atom is 0.305 e. The quantitative estimate of drug-likeness (QED) is 0.167. The number of aliphatic carboxylic acids is 1. The molecule has 3 N–H and O–H groups in total. The van der Waals surface area contributed by atoms with E-state index in [0.717, 1.165) is 33.9 Å². The first-order chi connectivity index (χ1) is 18.7. The summed E-state index contributed by atoms with van der Waals surface area (Å²) in [6.07, 6.45) is 0.939. The predicted octanol–water partition coefficient (Wildman–Crippen LogP) is 8.04. The van der Waals surface area contributed by atoms with E-state index in [-0.39, 0.29) is 24.9 Å². The first-order valence-electron chi connectivity index (χ1n) is 12.6. The van der Waals surface area contributed by atoms with Crippen molar-refractivity contribution in [2.75, 3.05) is 11.9 Å². The number of amides is 1. The molecule has 1 amide bonds. The molecule has 3 aromatic carbocycles. The molecule has 0 saturated carbocycles. The van der Waals surface area contributed by atoms with Crippen molar-refractivity contribution in [2.24, 2.45) is 0 Å². The van der Waals surface area contributed by atoms with Gasteiger partial charge in [0.05, 0.1) is 28.2 Å². The van der Waals surface area contributed by atoms with Crippen LogP contribution in [-0.2, 0) is 4.79 Å². The average molecular weight is 583 g/mol. The number of carbonyl (C=O) groups is 2. The molecule has 39 heavy (non-hydrogen) atoms. The van der Waals surface area contributed by atoms with Gasteiger partial charge in [-0.15, -0.1) is 11.3 Å². The van der Waals surface area contributed by atoms with Gasteiger partial charge >= 0.3 is 5.97 Å². The number of carbonyl (C=O) groups excluding carboxylic acids is 1. The summed E-state index contributed by atoms with van der Waals surface area (Å²) >= 11 is 13.8. The third-order valence-corrected chi connectivity index (χ3v) is 8.08. The summed E-state index contributed by atoms with van der Waals surface area (Å²) in [6.45, 7) is 4.47. The Morgan fingerprint density at radius 1 is 0.949 bits per heavy atom. The molecule has 4 rings (SSSR count). The van der Waals surface area contributed by atoms with Crippen molar-refractivity contribution in [2.45, 2.75) is 38.6 Å². The number of aromatic nitrogens is 1. The van der Waals surface area contributed by atoms with Gasteiger partial charge in [-0.2, -0.15) is 0 Å². The molecule has 4 aromatic rings. The molecule has 0 radical (unpaired) electrons. The molecule has 0 spiro atoms. The van der Waals surface area contributed by atoms with Gasteiger partial charge in [0.1, 0.15) is 0 Å². The average Bonchev–Trinajstić information content (AvgIpc) is 3.41. The van der Waals surface area contributed by atoms with Gasteiger partial charge in [-0.05, 0) is 53.3 Å². The van der Waals surface area contributed by atoms with Gasteiger partial charge in [0.2, 0.25) is 0 Å². The third-order valence-electron chi connectivity index (χ3n) is 6.57. The van der Waals surface area contributed by atoms with Gasteiger partial charge < -0.3 is 15.7 Å². The molecular formula is C30H29Cl2N3O3S. The number of carboxylic acid groups (broad SMARTS) is 1. The Hall–Kier alpha value is -3.39. The molecule has 202 valence electrons. The summed E-state index contributed by atoms with van der Waals surface area (Å²) in [4.78, 5) is 28.0. The molecule has 6 nitrogen and oxygen atoms in total. The lowest BCUT2D eigenvalue weighted by molar-refractivity contribution is -0.136. The molecular weight excluding hydrogens is 553 g/mol. The van der Waals surface area contributed by atoms with E-state index in [1.54, 1.807) is 24.3 Å². The summed E-state index contributed by atoms with van der Waals surface area (Å²) in [7, 11) is 0. The maximum atomic E-state index is 12.4. The van der Waals surface area contributed by atoms with Gasteiger partial charge in [0.15, 0.2) is 5.13 Å². The molecule has 2 unspecified atom stereocenters. The number of halogens is 2. The monoisotopic (exact) mass is 581 g/mol. The number of nitrogens with one attached hydrogen (secondary N) is 2. The van der Waals surface area contributed by atoms with Crippen LogP contribution in [0.15, 0.2) is 72.1 Å². The number of nitrogens with zero attached hydrogens (tertiary/aromatic N) is 1. The fourth-order valence-corrected chi connectivity index (χ4v) is 5.12. The zero-order valence-electron chi connectivity index (χ0n) is 21.6. The number of thiazole rings is 1. The largest absolute Gasteiger partial charge is 0.481 e. The molecule has 0 aliphatic rings. The first-order valence-corrected chi connectivity index (χ1v) is 14.3. The van der Waals surface area contributed by atoms with E-state index in [9.17, 15) is 9.59 Å². The minimum atomic E-state index is -0.955. The highest BCUT2D eigenvalue weighted by Gasteiger charge is 2.18. The van der Waals surface area contributed by atoms with E-state index >= 15 is 0 Å². The zero-order valence-corrected chi connectivity index (χ0v) is 23.9. The summed E-state index contributed by atoms with van der Waals surface area (Å²) in [6, 6.07) is 21.1. The van der Waals surface area contributed by atoms with Gasteiger partial charge in [-0.25, -0.2) is 4.98 Å². The molecule has 0 aliphatic heterocycles. The highest BCUT2D eigenvalue weighted by atomic mass is 35.5. The van der Waals surface area contributed by atoms with Crippen LogP contribution in [0.2, 0.25) is 10.0 Å². The molecule has 1 aromatic heterocycles. The van der Waals surface area contributed by atoms with Gasteiger partial charge in [0, 0.05) is 23.1 Å². The third kappa shape index (κ3) is 7.38. The number of hydrogen-bond acceptors (Lipinski definition) is 5. The highest BCUT2D eigenvalue weighted by Crippen LogP contribution is 2.34. The fraction of sp³-hybridized carbons (Fsp3) is 0.233. The van der Waals surface area contributed by atoms with Crippen LogP contribution in [0.4, 0.5) is 5.13 Å². The Balaban J connectivity index is 1.60. The fourth-order valence-electron chi connectivity index (χ4n) is 4.08. The van der Waals surface area contributed by atoms with Crippen molar-refractivity contribution in [3.63, 3.8) is 0 Å². The van der Waals surface area contributed by atoms with Crippen LogP contribution >= 0.6 is 34.5 Å². The molecule has 0 saturated heterocycles. The second-order valence-corrected chi connectivity index (χ2v) is 10.9. The standard InChI is InChI=1S/C30H29Cl2N3O3S/c1-3-18(2)19-4-6-20(7-5-19)28(21-8-10-22(11-9-21)29(38)33-15-14-27(36)37)35-30-34-26(17-39-30)23-12-13-24(31)25(32)16-23/h4-13,16-18,28H,3,14-15H2,1-2H3,(H,33,38)(H,34,35)(H,36,37). The zero-order chi connectivity index (χ0) is 27.9. The van der Waals surface area contributed by atoms with E-state index in [4.69, 9.17) is 33.3 Å². The normalized spacial score (nSPS) is 12.5. The maximum absolute atomic E-state index is 12.4. The number of carboxylic acids is 1. The topological polar surface area (TPSA) is 91.3 Å². The van der Waals surface area contributed by atoms with Crippen molar-refractivity contribution in [1.29, 1.82) is 0 Å². The molecule has 2 atom stereocenters. The van der Waals surface area contributed by atoms with Crippen molar-refractivity contribution in [3.05, 3.63) is 104 Å². The van der Waals surface area contributed by atoms with Crippen LogP contribution in [0.1, 0.15) is 65.7 Å². The molecule has 0 aliphatic carbocycles. The summed E-state index contributed by atoms with van der Waals surface area (Å²) in [5, 5.41) is 18.7. The summed E-state index contributed by atoms with van der Waals surface area (Å²) < 4.78 is 0. The second-order valence-electron chi connectivity index (χ2n) is 9.24. The lowest BCUT2D eigenvalue weighted by Gasteiger charge is -2.21. The Labute approximate surface area is 242 Å². The Kier molecular flexibility index (Phi) is 9.62. The number of anilines is 1. The van der Waals surface area contributed by atoms with E-state index in [1.165, 1.54) is 16.9 Å². The van der Waals surface area contributed by atoms with Crippen LogP contribution in [0.3, 0.4) is 0 Å². The minimum Gasteiger partial charge on any atom is -0.481 e. The number of rotatable bonds is 11. The van der Waals surface area contributed by atoms with Crippen LogP contribution in [0.25, 0.3) is 11.3 Å². The van der Waals surface area contributed by atoms with Crippen molar-refractivity contribution >= 4 is 51.5 Å². The lowest BCUT2D eigenvalue weighted by atomic mass is 9.93. The Morgan fingerprint density at radius 3 is 2.21 bits per heavy atom. The van der Waals surface area contributed by atoms with Crippen molar-refractivity contribution in [1.82, 2.24) is 10.3 Å². The predicted molar refractivity (Wildman–Crippen MR) is 159 cm³/mol. The number of benzene rings is 3. The van der Waals surface area contributed by atoms with Crippen LogP contribution in [-0.4, -0.2) is 28.5 Å².